The number of carbonyl (C=O) groups excluding carboxylic acids is 1. The van der Waals surface area contributed by atoms with Gasteiger partial charge in [0.25, 0.3) is 5.91 Å². The van der Waals surface area contributed by atoms with Crippen molar-refractivity contribution >= 4 is 5.91 Å². The predicted octanol–water partition coefficient (Wildman–Crippen LogP) is 0.144. The number of aromatic nitrogens is 1. The predicted molar refractivity (Wildman–Crippen MR) is 47.3 cm³/mol. The number of amides is 1. The molecule has 2 N–H and O–H groups in total. The minimum Gasteiger partial charge on any atom is -0.434 e. The van der Waals surface area contributed by atoms with Crippen molar-refractivity contribution in [3.63, 3.8) is 0 Å². The number of carbonyl (C=O) groups is 1. The molecule has 1 rings (SSSR count). The Morgan fingerprint density at radius 1 is 1.69 bits per heavy atom. The van der Waals surface area contributed by atoms with Crippen LogP contribution in [0.2, 0.25) is 0 Å². The minimum absolute atomic E-state index is 0.225. The van der Waals surface area contributed by atoms with Gasteiger partial charge in [0.2, 0.25) is 11.7 Å². The van der Waals surface area contributed by atoms with Crippen LogP contribution < -0.4 is 10.6 Å². The molecule has 72 valence electrons. The normalized spacial score (nSPS) is 10.0. The van der Waals surface area contributed by atoms with Gasteiger partial charge in [0.1, 0.15) is 0 Å². The number of nitrogens with zero attached hydrogens (tertiary/aromatic N) is 1. The molecule has 0 fully saturated rings. The summed E-state index contributed by atoms with van der Waals surface area (Å²) >= 11 is 0. The summed E-state index contributed by atoms with van der Waals surface area (Å²) in [7, 11) is 1.79. The van der Waals surface area contributed by atoms with E-state index in [2.05, 4.69) is 15.6 Å². The van der Waals surface area contributed by atoms with Crippen molar-refractivity contribution in [3.05, 3.63) is 17.8 Å². The largest absolute Gasteiger partial charge is 0.434 e. The molecule has 1 aromatic heterocycles. The lowest BCUT2D eigenvalue weighted by molar-refractivity contribution is 0.0926. The molecule has 0 aliphatic rings. The fourth-order valence-electron chi connectivity index (χ4n) is 0.896. The first-order chi connectivity index (χ1) is 6.27. The Morgan fingerprint density at radius 2 is 2.46 bits per heavy atom. The molecule has 1 amide bonds. The first-order valence-corrected chi connectivity index (χ1v) is 4.15. The fourth-order valence-corrected chi connectivity index (χ4v) is 0.896. The Bertz CT molecular complexity index is 283. The van der Waals surface area contributed by atoms with E-state index in [-0.39, 0.29) is 11.7 Å². The first-order valence-electron chi connectivity index (χ1n) is 4.15. The molecule has 0 aromatic carbocycles. The van der Waals surface area contributed by atoms with Gasteiger partial charge in [-0.25, -0.2) is 4.98 Å². The van der Waals surface area contributed by atoms with Crippen molar-refractivity contribution in [1.29, 1.82) is 0 Å². The minimum atomic E-state index is -0.225. The van der Waals surface area contributed by atoms with E-state index in [1.807, 2.05) is 6.92 Å². The second-order valence-electron chi connectivity index (χ2n) is 2.51. The Morgan fingerprint density at radius 3 is 3.08 bits per heavy atom. The topological polar surface area (TPSA) is 67.2 Å². The lowest BCUT2D eigenvalue weighted by atomic mass is 10.5. The summed E-state index contributed by atoms with van der Waals surface area (Å²) in [5.41, 5.74) is 0. The van der Waals surface area contributed by atoms with Gasteiger partial charge in [-0.3, -0.25) is 4.79 Å². The summed E-state index contributed by atoms with van der Waals surface area (Å²) in [6.07, 6.45) is 1.43. The lowest BCUT2D eigenvalue weighted by Crippen LogP contribution is -2.21. The molecular formula is C8H13N3O2. The van der Waals surface area contributed by atoms with Gasteiger partial charge in [0.05, 0.1) is 12.7 Å². The van der Waals surface area contributed by atoms with E-state index < -0.39 is 0 Å². The quantitative estimate of drug-likeness (QED) is 0.697. The Balaban J connectivity index is 2.62. The third-order valence-electron chi connectivity index (χ3n) is 1.44. The second kappa shape index (κ2) is 4.61. The van der Waals surface area contributed by atoms with E-state index >= 15 is 0 Å². The van der Waals surface area contributed by atoms with E-state index in [0.29, 0.717) is 19.0 Å². The van der Waals surface area contributed by atoms with Crippen LogP contribution in [0.25, 0.3) is 0 Å². The molecule has 13 heavy (non-hydrogen) atoms. The average Bonchev–Trinajstić information content (AvgIpc) is 2.54. The summed E-state index contributed by atoms with van der Waals surface area (Å²) in [5.74, 6) is 0.549. The molecule has 0 unspecified atom stereocenters. The van der Waals surface area contributed by atoms with Crippen LogP contribution in [0.1, 0.15) is 23.4 Å². The molecule has 0 bridgehead atoms. The zero-order chi connectivity index (χ0) is 9.68. The van der Waals surface area contributed by atoms with E-state index in [4.69, 9.17) is 4.42 Å². The standard InChI is InChI=1S/C8H13N3O2/c1-3-10-8(12)6-4-11-7(13-6)5-9-2/h4,9H,3,5H2,1-2H3,(H,10,12). The highest BCUT2D eigenvalue weighted by atomic mass is 16.4. The maximum Gasteiger partial charge on any atom is 0.288 e. The highest BCUT2D eigenvalue weighted by Gasteiger charge is 2.10. The van der Waals surface area contributed by atoms with Crippen LogP contribution in [0.5, 0.6) is 0 Å². The third-order valence-corrected chi connectivity index (χ3v) is 1.44. The molecule has 0 saturated carbocycles. The molecule has 5 heteroatoms. The van der Waals surface area contributed by atoms with E-state index in [1.54, 1.807) is 7.05 Å². The van der Waals surface area contributed by atoms with Crippen molar-refractivity contribution in [1.82, 2.24) is 15.6 Å². The van der Waals surface area contributed by atoms with Crippen molar-refractivity contribution in [2.45, 2.75) is 13.5 Å². The SMILES string of the molecule is CCNC(=O)c1cnc(CNC)o1. The number of rotatable bonds is 4. The number of hydrogen-bond donors (Lipinski definition) is 2. The number of nitrogens with one attached hydrogen (secondary N) is 2. The highest BCUT2D eigenvalue weighted by Crippen LogP contribution is 2.02. The lowest BCUT2D eigenvalue weighted by Gasteiger charge is -1.96. The molecule has 5 nitrogen and oxygen atoms in total. The summed E-state index contributed by atoms with van der Waals surface area (Å²) in [6, 6.07) is 0. The molecule has 0 aliphatic heterocycles. The van der Waals surface area contributed by atoms with Gasteiger partial charge < -0.3 is 15.1 Å². The van der Waals surface area contributed by atoms with Crippen LogP contribution >= 0.6 is 0 Å². The molecular weight excluding hydrogens is 170 g/mol. The molecule has 0 saturated heterocycles. The molecule has 1 aromatic rings. The fraction of sp³-hybridized carbons (Fsp3) is 0.500. The van der Waals surface area contributed by atoms with Crippen LogP contribution in [0.15, 0.2) is 10.6 Å². The van der Waals surface area contributed by atoms with Crippen molar-refractivity contribution < 1.29 is 9.21 Å². The van der Waals surface area contributed by atoms with E-state index in [9.17, 15) is 4.79 Å². The molecule has 0 atom stereocenters. The van der Waals surface area contributed by atoms with Crippen LogP contribution in [-0.4, -0.2) is 24.5 Å². The van der Waals surface area contributed by atoms with E-state index in [1.165, 1.54) is 6.20 Å². The van der Waals surface area contributed by atoms with Crippen molar-refractivity contribution in [3.8, 4) is 0 Å². The van der Waals surface area contributed by atoms with Crippen molar-refractivity contribution in [2.24, 2.45) is 0 Å². The van der Waals surface area contributed by atoms with Crippen LogP contribution in [0.3, 0.4) is 0 Å². The van der Waals surface area contributed by atoms with Gasteiger partial charge in [0.15, 0.2) is 0 Å². The number of hydrogen-bond acceptors (Lipinski definition) is 4. The summed E-state index contributed by atoms with van der Waals surface area (Å²) in [4.78, 5) is 15.1. The highest BCUT2D eigenvalue weighted by molar-refractivity contribution is 5.90. The van der Waals surface area contributed by atoms with Gasteiger partial charge in [0, 0.05) is 6.54 Å². The van der Waals surface area contributed by atoms with Gasteiger partial charge in [-0.05, 0) is 14.0 Å². The summed E-state index contributed by atoms with van der Waals surface area (Å²) in [5, 5.41) is 5.50. The summed E-state index contributed by atoms with van der Waals surface area (Å²) in [6.45, 7) is 2.96. The van der Waals surface area contributed by atoms with Crippen LogP contribution in [-0.2, 0) is 6.54 Å². The maximum absolute atomic E-state index is 11.2. The maximum atomic E-state index is 11.2. The Hall–Kier alpha value is -1.36. The molecule has 0 spiro atoms. The van der Waals surface area contributed by atoms with Gasteiger partial charge in [-0.15, -0.1) is 0 Å². The van der Waals surface area contributed by atoms with Gasteiger partial charge >= 0.3 is 0 Å². The Labute approximate surface area is 76.5 Å². The van der Waals surface area contributed by atoms with Gasteiger partial charge in [-0.2, -0.15) is 0 Å². The first kappa shape index (κ1) is 9.73. The zero-order valence-electron chi connectivity index (χ0n) is 7.76. The monoisotopic (exact) mass is 183 g/mol. The molecule has 0 aliphatic carbocycles. The van der Waals surface area contributed by atoms with Crippen LogP contribution in [0.4, 0.5) is 0 Å². The molecule has 1 heterocycles. The van der Waals surface area contributed by atoms with Crippen molar-refractivity contribution in [2.75, 3.05) is 13.6 Å². The number of oxazole rings is 1. The van der Waals surface area contributed by atoms with E-state index in [0.717, 1.165) is 0 Å². The zero-order valence-corrected chi connectivity index (χ0v) is 7.76. The van der Waals surface area contributed by atoms with Gasteiger partial charge in [-0.1, -0.05) is 0 Å². The average molecular weight is 183 g/mol. The second-order valence-corrected chi connectivity index (χ2v) is 2.51. The molecule has 0 radical (unpaired) electrons. The Kier molecular flexibility index (Phi) is 3.45. The summed E-state index contributed by atoms with van der Waals surface area (Å²) < 4.78 is 5.15. The third kappa shape index (κ3) is 2.55. The smallest absolute Gasteiger partial charge is 0.288 e. The van der Waals surface area contributed by atoms with Crippen LogP contribution in [0, 0.1) is 0 Å².